The van der Waals surface area contributed by atoms with E-state index in [9.17, 15) is 8.42 Å². The molecule has 0 bridgehead atoms. The molecule has 0 amide bonds. The van der Waals surface area contributed by atoms with Gasteiger partial charge in [0.05, 0.1) is 12.4 Å². The van der Waals surface area contributed by atoms with Gasteiger partial charge in [-0.05, 0) is 12.8 Å². The van der Waals surface area contributed by atoms with Crippen molar-refractivity contribution in [3.05, 3.63) is 0 Å². The van der Waals surface area contributed by atoms with Crippen LogP contribution in [0.2, 0.25) is 0 Å². The van der Waals surface area contributed by atoms with Crippen LogP contribution in [0.3, 0.4) is 0 Å². The van der Waals surface area contributed by atoms with Crippen LogP contribution in [0.25, 0.3) is 0 Å². The molecular formula is C13H29NO3S. The molecule has 0 aliphatic rings. The lowest BCUT2D eigenvalue weighted by atomic mass is 10.1. The fraction of sp³-hybridized carbons (Fsp3) is 1.00. The highest BCUT2D eigenvalue weighted by molar-refractivity contribution is 7.89. The summed E-state index contributed by atoms with van der Waals surface area (Å²) < 4.78 is 25.4. The lowest BCUT2D eigenvalue weighted by Crippen LogP contribution is -2.35. The lowest BCUT2D eigenvalue weighted by molar-refractivity contribution is 0.253. The molecule has 0 fully saturated rings. The maximum Gasteiger partial charge on any atom is 0.214 e. The van der Waals surface area contributed by atoms with Crippen molar-refractivity contribution >= 4 is 10.0 Å². The number of hydrogen-bond acceptors (Lipinski definition) is 3. The Balaban J connectivity index is 3.95. The second-order valence-corrected chi connectivity index (χ2v) is 6.79. The maximum atomic E-state index is 12.0. The highest BCUT2D eigenvalue weighted by Gasteiger charge is 2.19. The number of nitrogens with zero attached hydrogens (tertiary/aromatic N) is 1. The van der Waals surface area contributed by atoms with E-state index in [1.807, 2.05) is 6.92 Å². The Morgan fingerprint density at radius 3 is 2.06 bits per heavy atom. The maximum absolute atomic E-state index is 12.0. The molecule has 4 nitrogen and oxygen atoms in total. The molecule has 0 aromatic heterocycles. The van der Waals surface area contributed by atoms with E-state index in [4.69, 9.17) is 5.11 Å². The van der Waals surface area contributed by atoms with Gasteiger partial charge in [0.1, 0.15) is 0 Å². The van der Waals surface area contributed by atoms with Crippen LogP contribution in [0.1, 0.15) is 58.8 Å². The summed E-state index contributed by atoms with van der Waals surface area (Å²) in [6, 6.07) is 0. The second kappa shape index (κ2) is 10.8. The van der Waals surface area contributed by atoms with Crippen LogP contribution in [0.5, 0.6) is 0 Å². The van der Waals surface area contributed by atoms with Crippen molar-refractivity contribution in [2.24, 2.45) is 0 Å². The Morgan fingerprint density at radius 1 is 0.889 bits per heavy atom. The number of aliphatic hydroxyl groups excluding tert-OH is 1. The summed E-state index contributed by atoms with van der Waals surface area (Å²) in [4.78, 5) is 0. The first kappa shape index (κ1) is 17.9. The van der Waals surface area contributed by atoms with Crippen LogP contribution in [-0.4, -0.2) is 43.3 Å². The molecule has 0 aliphatic carbocycles. The van der Waals surface area contributed by atoms with Gasteiger partial charge in [-0.25, -0.2) is 8.42 Å². The summed E-state index contributed by atoms with van der Waals surface area (Å²) in [5.41, 5.74) is 0. The van der Waals surface area contributed by atoms with Gasteiger partial charge >= 0.3 is 0 Å². The van der Waals surface area contributed by atoms with E-state index >= 15 is 0 Å². The van der Waals surface area contributed by atoms with E-state index in [0.29, 0.717) is 6.54 Å². The molecule has 0 radical (unpaired) electrons. The minimum Gasteiger partial charge on any atom is -0.395 e. The van der Waals surface area contributed by atoms with Gasteiger partial charge in [0.15, 0.2) is 0 Å². The molecule has 110 valence electrons. The topological polar surface area (TPSA) is 57.6 Å². The number of sulfonamides is 1. The fourth-order valence-corrected chi connectivity index (χ4v) is 3.59. The molecule has 0 unspecified atom stereocenters. The molecule has 0 heterocycles. The van der Waals surface area contributed by atoms with Crippen LogP contribution in [-0.2, 0) is 10.0 Å². The van der Waals surface area contributed by atoms with E-state index < -0.39 is 10.0 Å². The predicted molar refractivity (Wildman–Crippen MR) is 76.1 cm³/mol. The van der Waals surface area contributed by atoms with Gasteiger partial charge in [0.2, 0.25) is 10.0 Å². The average molecular weight is 279 g/mol. The third-order valence-electron chi connectivity index (χ3n) is 2.97. The van der Waals surface area contributed by atoms with Gasteiger partial charge in [-0.15, -0.1) is 0 Å². The summed E-state index contributed by atoms with van der Waals surface area (Å²) in [6.07, 6.45) is 7.27. The highest BCUT2D eigenvalue weighted by atomic mass is 32.2. The van der Waals surface area contributed by atoms with Gasteiger partial charge in [-0.2, -0.15) is 4.31 Å². The van der Waals surface area contributed by atoms with Crippen molar-refractivity contribution in [2.45, 2.75) is 58.8 Å². The number of rotatable bonds is 12. The van der Waals surface area contributed by atoms with Gasteiger partial charge in [0.25, 0.3) is 0 Å². The zero-order valence-corrected chi connectivity index (χ0v) is 12.7. The second-order valence-electron chi connectivity index (χ2n) is 4.71. The number of unbranched alkanes of at least 4 members (excludes halogenated alkanes) is 5. The predicted octanol–water partition coefficient (Wildman–Crippen LogP) is 2.38. The van der Waals surface area contributed by atoms with E-state index in [2.05, 4.69) is 6.92 Å². The summed E-state index contributed by atoms with van der Waals surface area (Å²) >= 11 is 0. The first-order valence-corrected chi connectivity index (χ1v) is 8.78. The van der Waals surface area contributed by atoms with Crippen LogP contribution < -0.4 is 0 Å². The molecule has 1 N–H and O–H groups in total. The molecule has 18 heavy (non-hydrogen) atoms. The molecule has 0 saturated heterocycles. The Hall–Kier alpha value is -0.130. The minimum atomic E-state index is -3.17. The summed E-state index contributed by atoms with van der Waals surface area (Å²) in [6.45, 7) is 4.76. The van der Waals surface area contributed by atoms with E-state index in [1.165, 1.54) is 23.6 Å². The minimum absolute atomic E-state index is 0.101. The third-order valence-corrected chi connectivity index (χ3v) is 4.93. The van der Waals surface area contributed by atoms with Gasteiger partial charge in [0, 0.05) is 13.1 Å². The number of hydrogen-bond donors (Lipinski definition) is 1. The third kappa shape index (κ3) is 8.06. The smallest absolute Gasteiger partial charge is 0.214 e. The first-order valence-electron chi connectivity index (χ1n) is 7.17. The molecule has 0 aromatic carbocycles. The Kier molecular flexibility index (Phi) is 10.7. The van der Waals surface area contributed by atoms with Crippen LogP contribution >= 0.6 is 0 Å². The molecule has 0 aromatic rings. The molecule has 0 saturated carbocycles. The van der Waals surface area contributed by atoms with E-state index in [0.717, 1.165) is 25.7 Å². The molecule has 5 heteroatoms. The van der Waals surface area contributed by atoms with E-state index in [1.54, 1.807) is 0 Å². The highest BCUT2D eigenvalue weighted by Crippen LogP contribution is 2.09. The summed E-state index contributed by atoms with van der Waals surface area (Å²) in [5, 5.41) is 8.89. The van der Waals surface area contributed by atoms with Crippen LogP contribution in [0.4, 0.5) is 0 Å². The normalized spacial score (nSPS) is 12.2. The zero-order chi connectivity index (χ0) is 13.9. The SMILES string of the molecule is CCCCCCCCS(=O)(=O)N(CCC)CCO. The molecule has 0 spiro atoms. The molecular weight excluding hydrogens is 250 g/mol. The van der Waals surface area contributed by atoms with Gasteiger partial charge < -0.3 is 5.11 Å². The van der Waals surface area contributed by atoms with Crippen molar-refractivity contribution in [3.8, 4) is 0 Å². The average Bonchev–Trinajstić information content (AvgIpc) is 2.33. The largest absolute Gasteiger partial charge is 0.395 e. The Morgan fingerprint density at radius 2 is 1.50 bits per heavy atom. The fourth-order valence-electron chi connectivity index (χ4n) is 1.94. The van der Waals surface area contributed by atoms with Crippen LogP contribution in [0.15, 0.2) is 0 Å². The number of aliphatic hydroxyl groups is 1. The van der Waals surface area contributed by atoms with Crippen molar-refractivity contribution in [1.82, 2.24) is 4.31 Å². The van der Waals surface area contributed by atoms with Crippen molar-refractivity contribution in [1.29, 1.82) is 0 Å². The van der Waals surface area contributed by atoms with Crippen molar-refractivity contribution < 1.29 is 13.5 Å². The lowest BCUT2D eigenvalue weighted by Gasteiger charge is -2.20. The Bertz CT molecular complexity index is 272. The zero-order valence-electron chi connectivity index (χ0n) is 11.9. The molecule has 0 aliphatic heterocycles. The Labute approximate surface area is 112 Å². The van der Waals surface area contributed by atoms with Gasteiger partial charge in [-0.1, -0.05) is 46.0 Å². The van der Waals surface area contributed by atoms with E-state index in [-0.39, 0.29) is 18.9 Å². The summed E-state index contributed by atoms with van der Waals surface area (Å²) in [5.74, 6) is 0.221. The monoisotopic (exact) mass is 279 g/mol. The van der Waals surface area contributed by atoms with Crippen molar-refractivity contribution in [3.63, 3.8) is 0 Å². The quantitative estimate of drug-likeness (QED) is 0.558. The van der Waals surface area contributed by atoms with Gasteiger partial charge in [-0.3, -0.25) is 0 Å². The van der Waals surface area contributed by atoms with Crippen LogP contribution in [0, 0.1) is 0 Å². The first-order chi connectivity index (χ1) is 8.58. The standard InChI is InChI=1S/C13H29NO3S/c1-3-5-6-7-8-9-13-18(16,17)14(10-4-2)11-12-15/h15H,3-13H2,1-2H3. The summed E-state index contributed by atoms with van der Waals surface area (Å²) in [7, 11) is -3.17. The van der Waals surface area contributed by atoms with Crippen molar-refractivity contribution in [2.75, 3.05) is 25.4 Å². The molecule has 0 atom stereocenters. The molecule has 0 rings (SSSR count).